The van der Waals surface area contributed by atoms with Gasteiger partial charge in [0.25, 0.3) is 5.91 Å². The van der Waals surface area contributed by atoms with Crippen LogP contribution in [0.3, 0.4) is 0 Å². The van der Waals surface area contributed by atoms with E-state index in [-0.39, 0.29) is 6.42 Å². The summed E-state index contributed by atoms with van der Waals surface area (Å²) in [5.41, 5.74) is 7.96. The maximum absolute atomic E-state index is 12.0. The van der Waals surface area contributed by atoms with Crippen molar-refractivity contribution in [2.24, 2.45) is 0 Å². The number of H-pyrrole nitrogens is 1. The monoisotopic (exact) mass is 495 g/mol. The lowest BCUT2D eigenvalue weighted by Gasteiger charge is -2.35. The number of ether oxygens (including phenoxy) is 1. The first kappa shape index (κ1) is 26.0. The molecule has 0 unspecified atom stereocenters. The Morgan fingerprint density at radius 3 is 2.75 bits per heavy atom. The normalized spacial score (nSPS) is 22.3. The van der Waals surface area contributed by atoms with Crippen molar-refractivity contribution in [2.75, 3.05) is 13.2 Å². The summed E-state index contributed by atoms with van der Waals surface area (Å²) in [6.45, 7) is 3.25. The molecule has 0 bridgehead atoms. The largest absolute Gasteiger partial charge is 0.394 e. The van der Waals surface area contributed by atoms with Crippen LogP contribution in [0.25, 0.3) is 17.0 Å². The third-order valence-corrected chi connectivity index (χ3v) is 6.32. The number of carbonyl (C=O) groups is 1. The molecule has 0 saturated carbocycles. The second kappa shape index (κ2) is 12.3. The molecule has 1 amide bonds. The van der Waals surface area contributed by atoms with Crippen LogP contribution in [0.1, 0.15) is 28.8 Å². The van der Waals surface area contributed by atoms with E-state index in [1.807, 2.05) is 30.3 Å². The van der Waals surface area contributed by atoms with Gasteiger partial charge in [0, 0.05) is 35.6 Å². The molecule has 6 N–H and O–H groups in total. The molecule has 2 aromatic carbocycles. The average Bonchev–Trinajstić information content (AvgIpc) is 3.21. The number of carbonyl (C=O) groups excluding carboxylic acids is 1. The number of aliphatic hydroxyl groups is 3. The number of aromatic amines is 1. The Kier molecular flexibility index (Phi) is 8.87. The summed E-state index contributed by atoms with van der Waals surface area (Å²) in [5, 5.41) is 33.5. The first-order valence-electron chi connectivity index (χ1n) is 12.1. The van der Waals surface area contributed by atoms with Gasteiger partial charge in [0.2, 0.25) is 0 Å². The molecule has 1 aliphatic rings. The summed E-state index contributed by atoms with van der Waals surface area (Å²) < 4.78 is 5.30. The topological polar surface area (TPSA) is 136 Å². The van der Waals surface area contributed by atoms with E-state index in [4.69, 9.17) is 9.57 Å². The number of amides is 1. The van der Waals surface area contributed by atoms with Crippen molar-refractivity contribution in [3.8, 4) is 0 Å². The van der Waals surface area contributed by atoms with Crippen molar-refractivity contribution >= 4 is 22.9 Å². The molecule has 4 rings (SSSR count). The lowest BCUT2D eigenvalue weighted by molar-refractivity contribution is -0.271. The molecule has 2 heterocycles. The lowest BCUT2D eigenvalue weighted by Crippen LogP contribution is -2.51. The first-order valence-corrected chi connectivity index (χ1v) is 12.1. The fourth-order valence-electron chi connectivity index (χ4n) is 4.32. The molecule has 3 aromatic rings. The molecule has 1 aromatic heterocycles. The SMILES string of the molecule is Cc1[nH]c2ccccc2c1CCNCc1ccc(/C=C/C(=O)NO[C@H]2C[C@@H](O)[C@H](O)[C@@H](CO)O2)cc1. The summed E-state index contributed by atoms with van der Waals surface area (Å²) in [6, 6.07) is 16.2. The minimum atomic E-state index is -1.20. The van der Waals surface area contributed by atoms with Gasteiger partial charge in [0.15, 0.2) is 6.29 Å². The number of aromatic nitrogens is 1. The maximum Gasteiger partial charge on any atom is 0.267 e. The van der Waals surface area contributed by atoms with E-state index in [1.54, 1.807) is 6.08 Å². The second-order valence-electron chi connectivity index (χ2n) is 8.94. The number of hydrogen-bond donors (Lipinski definition) is 6. The summed E-state index contributed by atoms with van der Waals surface area (Å²) >= 11 is 0. The van der Waals surface area contributed by atoms with Crippen molar-refractivity contribution in [2.45, 2.75) is 50.9 Å². The van der Waals surface area contributed by atoms with Crippen LogP contribution in [0.2, 0.25) is 0 Å². The number of hydroxylamine groups is 1. The van der Waals surface area contributed by atoms with Crippen LogP contribution in [-0.4, -0.2) is 64.0 Å². The highest BCUT2D eigenvalue weighted by Gasteiger charge is 2.37. The Labute approximate surface area is 209 Å². The fraction of sp³-hybridized carbons (Fsp3) is 0.370. The van der Waals surface area contributed by atoms with Gasteiger partial charge in [-0.25, -0.2) is 10.3 Å². The van der Waals surface area contributed by atoms with Crippen LogP contribution < -0.4 is 10.8 Å². The summed E-state index contributed by atoms with van der Waals surface area (Å²) in [5.74, 6) is -0.502. The Morgan fingerprint density at radius 2 is 1.97 bits per heavy atom. The predicted octanol–water partition coefficient (Wildman–Crippen LogP) is 1.70. The number of aliphatic hydroxyl groups excluding tert-OH is 3. The smallest absolute Gasteiger partial charge is 0.267 e. The van der Waals surface area contributed by atoms with E-state index in [0.29, 0.717) is 0 Å². The van der Waals surface area contributed by atoms with Crippen LogP contribution in [0.5, 0.6) is 0 Å². The molecule has 1 aliphatic heterocycles. The van der Waals surface area contributed by atoms with Gasteiger partial charge in [-0.1, -0.05) is 42.5 Å². The molecular weight excluding hydrogens is 462 g/mol. The molecule has 192 valence electrons. The quantitative estimate of drug-likeness (QED) is 0.143. The first-order chi connectivity index (χ1) is 17.4. The van der Waals surface area contributed by atoms with Crippen molar-refractivity contribution in [1.82, 2.24) is 15.8 Å². The molecule has 36 heavy (non-hydrogen) atoms. The second-order valence-corrected chi connectivity index (χ2v) is 8.94. The van der Waals surface area contributed by atoms with E-state index in [9.17, 15) is 20.1 Å². The summed E-state index contributed by atoms with van der Waals surface area (Å²) in [7, 11) is 0. The Hall–Kier alpha value is -3.05. The van der Waals surface area contributed by atoms with Crippen molar-refractivity contribution in [1.29, 1.82) is 0 Å². The molecular formula is C27H33N3O6. The van der Waals surface area contributed by atoms with Crippen molar-refractivity contribution in [3.63, 3.8) is 0 Å². The number of rotatable bonds is 10. The molecule has 9 nitrogen and oxygen atoms in total. The molecule has 1 fully saturated rings. The maximum atomic E-state index is 12.0. The predicted molar refractivity (Wildman–Crippen MR) is 136 cm³/mol. The Bertz CT molecular complexity index is 1180. The molecule has 1 saturated heterocycles. The molecule has 0 spiro atoms. The summed E-state index contributed by atoms with van der Waals surface area (Å²) in [4.78, 5) is 20.6. The van der Waals surface area contributed by atoms with Crippen LogP contribution in [0.15, 0.2) is 54.6 Å². The zero-order valence-corrected chi connectivity index (χ0v) is 20.2. The highest BCUT2D eigenvalue weighted by Crippen LogP contribution is 2.22. The van der Waals surface area contributed by atoms with E-state index in [2.05, 4.69) is 40.9 Å². The van der Waals surface area contributed by atoms with Crippen LogP contribution in [-0.2, 0) is 27.3 Å². The average molecular weight is 496 g/mol. The van der Waals surface area contributed by atoms with Crippen molar-refractivity contribution in [3.05, 3.63) is 77.0 Å². The van der Waals surface area contributed by atoms with Gasteiger partial charge in [-0.3, -0.25) is 4.79 Å². The molecule has 9 heteroatoms. The number of benzene rings is 2. The van der Waals surface area contributed by atoms with Gasteiger partial charge in [-0.15, -0.1) is 0 Å². The zero-order valence-electron chi connectivity index (χ0n) is 20.2. The van der Waals surface area contributed by atoms with Crippen LogP contribution in [0.4, 0.5) is 0 Å². The lowest BCUT2D eigenvalue weighted by atomic mass is 10.0. The third-order valence-electron chi connectivity index (χ3n) is 6.32. The van der Waals surface area contributed by atoms with E-state index in [1.165, 1.54) is 28.2 Å². The Balaban J connectivity index is 1.19. The highest BCUT2D eigenvalue weighted by molar-refractivity contribution is 5.91. The van der Waals surface area contributed by atoms with Crippen molar-refractivity contribution < 1.29 is 29.7 Å². The van der Waals surface area contributed by atoms with Gasteiger partial charge >= 0.3 is 0 Å². The number of para-hydroxylation sites is 1. The summed E-state index contributed by atoms with van der Waals surface area (Å²) in [6.07, 6.45) is -0.355. The van der Waals surface area contributed by atoms with Gasteiger partial charge < -0.3 is 30.4 Å². The van der Waals surface area contributed by atoms with E-state index >= 15 is 0 Å². The minimum Gasteiger partial charge on any atom is -0.394 e. The van der Waals surface area contributed by atoms with Gasteiger partial charge in [-0.2, -0.15) is 0 Å². The van der Waals surface area contributed by atoms with Gasteiger partial charge in [-0.05, 0) is 48.7 Å². The number of aryl methyl sites for hydroxylation is 1. The standard InChI is InChI=1S/C27H33N3O6/c1-17-20(21-4-2-3-5-22(21)29-17)12-13-28-15-19-8-6-18(7-9-19)10-11-25(33)30-36-26-14-23(32)27(34)24(16-31)35-26/h2-11,23-24,26-29,31-32,34H,12-16H2,1H3,(H,30,33)/b11-10+/t23-,24-,26+,27+/m1/s1. The van der Waals surface area contributed by atoms with E-state index < -0.39 is 37.1 Å². The molecule has 4 atom stereocenters. The Morgan fingerprint density at radius 1 is 1.19 bits per heavy atom. The highest BCUT2D eigenvalue weighted by atomic mass is 16.8. The number of nitrogens with one attached hydrogen (secondary N) is 3. The molecule has 0 aliphatic carbocycles. The number of hydrogen-bond acceptors (Lipinski definition) is 7. The van der Waals surface area contributed by atoms with Gasteiger partial charge in [0.05, 0.1) is 12.7 Å². The van der Waals surface area contributed by atoms with Gasteiger partial charge in [0.1, 0.15) is 12.2 Å². The zero-order chi connectivity index (χ0) is 25.5. The molecule has 0 radical (unpaired) electrons. The minimum absolute atomic E-state index is 0.0292. The number of fused-ring (bicyclic) bond motifs is 1. The fourth-order valence-corrected chi connectivity index (χ4v) is 4.32. The third kappa shape index (κ3) is 6.58. The van der Waals surface area contributed by atoms with Crippen LogP contribution >= 0.6 is 0 Å². The van der Waals surface area contributed by atoms with Crippen LogP contribution in [0, 0.1) is 6.92 Å². The van der Waals surface area contributed by atoms with E-state index in [0.717, 1.165) is 30.6 Å².